The first kappa shape index (κ1) is 17.2. The molecule has 1 saturated carbocycles. The fraction of sp³-hybridized carbons (Fsp3) is 0.562. The van der Waals surface area contributed by atoms with Gasteiger partial charge < -0.3 is 9.64 Å². The molecule has 3 nitrogen and oxygen atoms in total. The predicted octanol–water partition coefficient (Wildman–Crippen LogP) is 5.02. The van der Waals surface area contributed by atoms with Crippen molar-refractivity contribution in [3.63, 3.8) is 0 Å². The molecule has 1 aromatic rings. The third-order valence-corrected chi connectivity index (χ3v) is 4.47. The number of amides is 1. The quantitative estimate of drug-likeness (QED) is 0.694. The van der Waals surface area contributed by atoms with Crippen LogP contribution in [0.4, 0.5) is 13.6 Å². The van der Waals surface area contributed by atoms with E-state index < -0.39 is 23.3 Å². The highest BCUT2D eigenvalue weighted by atomic mass is 79.9. The molecule has 1 fully saturated rings. The molecule has 0 aliphatic heterocycles. The zero-order valence-electron chi connectivity index (χ0n) is 13.0. The molecule has 0 atom stereocenters. The molecule has 0 unspecified atom stereocenters. The maximum absolute atomic E-state index is 14.0. The van der Waals surface area contributed by atoms with Crippen molar-refractivity contribution in [2.75, 3.05) is 0 Å². The van der Waals surface area contributed by atoms with E-state index in [4.69, 9.17) is 4.74 Å². The monoisotopic (exact) mass is 375 g/mol. The van der Waals surface area contributed by atoms with Crippen molar-refractivity contribution in [1.29, 1.82) is 0 Å². The lowest BCUT2D eigenvalue weighted by Gasteiger charge is -2.38. The number of halogens is 3. The number of rotatable bonds is 3. The van der Waals surface area contributed by atoms with Crippen LogP contribution in [0.5, 0.6) is 0 Å². The van der Waals surface area contributed by atoms with Crippen molar-refractivity contribution in [1.82, 2.24) is 4.90 Å². The molecular weight excluding hydrogens is 356 g/mol. The second-order valence-corrected chi connectivity index (χ2v) is 7.31. The van der Waals surface area contributed by atoms with Crippen LogP contribution in [-0.2, 0) is 11.3 Å². The van der Waals surface area contributed by atoms with Crippen LogP contribution in [-0.4, -0.2) is 22.6 Å². The summed E-state index contributed by atoms with van der Waals surface area (Å²) >= 11 is 3.07. The molecule has 0 radical (unpaired) electrons. The van der Waals surface area contributed by atoms with Crippen LogP contribution in [0.1, 0.15) is 45.6 Å². The molecule has 0 spiro atoms. The van der Waals surface area contributed by atoms with Gasteiger partial charge in [-0.05, 0) is 68.1 Å². The van der Waals surface area contributed by atoms with Gasteiger partial charge in [0.05, 0.1) is 11.0 Å². The van der Waals surface area contributed by atoms with Gasteiger partial charge in [-0.25, -0.2) is 13.6 Å². The average Bonchev–Trinajstić information content (AvgIpc) is 2.33. The van der Waals surface area contributed by atoms with Crippen LogP contribution in [0, 0.1) is 11.6 Å². The molecule has 0 heterocycles. The van der Waals surface area contributed by atoms with Crippen molar-refractivity contribution in [3.8, 4) is 0 Å². The summed E-state index contributed by atoms with van der Waals surface area (Å²) in [5.74, 6) is -1.09. The molecular formula is C16H20BrF2NO2. The van der Waals surface area contributed by atoms with Gasteiger partial charge in [0.25, 0.3) is 0 Å². The number of benzene rings is 1. The second-order valence-electron chi connectivity index (χ2n) is 6.51. The van der Waals surface area contributed by atoms with Crippen molar-refractivity contribution in [2.24, 2.45) is 0 Å². The minimum atomic E-state index is -0.628. The topological polar surface area (TPSA) is 29.5 Å². The lowest BCUT2D eigenvalue weighted by Crippen LogP contribution is -2.46. The van der Waals surface area contributed by atoms with E-state index in [2.05, 4.69) is 15.9 Å². The number of hydrogen-bond acceptors (Lipinski definition) is 2. The Bertz CT molecular complexity index is 568. The summed E-state index contributed by atoms with van der Waals surface area (Å²) in [5, 5.41) is 0. The standard InChI is InChI=1S/C16H20BrF2NO2/c1-16(2,3)22-15(21)20(10-5-4-6-10)9-11-12(18)7-8-13(19)14(11)17/h7-8,10H,4-6,9H2,1-3H3. The van der Waals surface area contributed by atoms with Crippen LogP contribution in [0.15, 0.2) is 16.6 Å². The van der Waals surface area contributed by atoms with Gasteiger partial charge in [0, 0.05) is 11.6 Å². The van der Waals surface area contributed by atoms with Gasteiger partial charge in [0.1, 0.15) is 17.2 Å². The Morgan fingerprint density at radius 2 is 1.91 bits per heavy atom. The van der Waals surface area contributed by atoms with Gasteiger partial charge >= 0.3 is 6.09 Å². The second kappa shape index (κ2) is 6.52. The van der Waals surface area contributed by atoms with E-state index in [0.29, 0.717) is 0 Å². The summed E-state index contributed by atoms with van der Waals surface area (Å²) in [4.78, 5) is 13.9. The first-order valence-electron chi connectivity index (χ1n) is 7.31. The molecule has 2 rings (SSSR count). The lowest BCUT2D eigenvalue weighted by atomic mass is 9.91. The van der Waals surface area contributed by atoms with E-state index in [1.807, 2.05) is 0 Å². The zero-order chi connectivity index (χ0) is 16.5. The summed E-state index contributed by atoms with van der Waals surface area (Å²) < 4.78 is 33.1. The van der Waals surface area contributed by atoms with E-state index >= 15 is 0 Å². The maximum Gasteiger partial charge on any atom is 0.410 e. The van der Waals surface area contributed by atoms with Crippen LogP contribution in [0.25, 0.3) is 0 Å². The van der Waals surface area contributed by atoms with Gasteiger partial charge in [-0.2, -0.15) is 0 Å². The Morgan fingerprint density at radius 3 is 2.41 bits per heavy atom. The highest BCUT2D eigenvalue weighted by Gasteiger charge is 2.33. The number of carbonyl (C=O) groups is 1. The summed E-state index contributed by atoms with van der Waals surface area (Å²) in [7, 11) is 0. The number of hydrogen-bond donors (Lipinski definition) is 0. The van der Waals surface area contributed by atoms with Gasteiger partial charge in [0.15, 0.2) is 0 Å². The Balaban J connectivity index is 2.24. The van der Waals surface area contributed by atoms with E-state index in [9.17, 15) is 13.6 Å². The Morgan fingerprint density at radius 1 is 1.32 bits per heavy atom. The first-order valence-corrected chi connectivity index (χ1v) is 8.10. The Labute approximate surface area is 137 Å². The van der Waals surface area contributed by atoms with Crippen LogP contribution in [0.2, 0.25) is 0 Å². The maximum atomic E-state index is 14.0. The molecule has 1 amide bonds. The molecule has 0 N–H and O–H groups in total. The molecule has 122 valence electrons. The van der Waals surface area contributed by atoms with Crippen molar-refractivity contribution < 1.29 is 18.3 Å². The molecule has 22 heavy (non-hydrogen) atoms. The van der Waals surface area contributed by atoms with Crippen molar-refractivity contribution in [3.05, 3.63) is 33.8 Å². The fourth-order valence-electron chi connectivity index (χ4n) is 2.25. The first-order chi connectivity index (χ1) is 10.2. The van der Waals surface area contributed by atoms with Gasteiger partial charge in [-0.15, -0.1) is 0 Å². The Hall–Kier alpha value is -1.17. The summed E-state index contributed by atoms with van der Waals surface area (Å²) in [6.45, 7) is 5.33. The summed E-state index contributed by atoms with van der Waals surface area (Å²) in [6, 6.07) is 2.15. The SMILES string of the molecule is CC(C)(C)OC(=O)N(Cc1c(F)ccc(F)c1Br)C1CCC1. The normalized spacial score (nSPS) is 15.4. The van der Waals surface area contributed by atoms with Crippen LogP contribution < -0.4 is 0 Å². The average molecular weight is 376 g/mol. The summed E-state index contributed by atoms with van der Waals surface area (Å²) in [6.07, 6.45) is 2.24. The number of nitrogens with zero attached hydrogens (tertiary/aromatic N) is 1. The number of carbonyl (C=O) groups excluding carboxylic acids is 1. The van der Waals surface area contributed by atoms with Gasteiger partial charge in [0.2, 0.25) is 0 Å². The number of ether oxygens (including phenoxy) is 1. The minimum Gasteiger partial charge on any atom is -0.444 e. The van der Waals surface area contributed by atoms with Gasteiger partial charge in [-0.1, -0.05) is 0 Å². The molecule has 6 heteroatoms. The molecule has 0 aromatic heterocycles. The lowest BCUT2D eigenvalue weighted by molar-refractivity contribution is 0.00429. The molecule has 1 aliphatic carbocycles. The third kappa shape index (κ3) is 3.97. The minimum absolute atomic E-state index is 0.0102. The largest absolute Gasteiger partial charge is 0.444 e. The molecule has 1 aliphatic rings. The molecule has 1 aromatic carbocycles. The van der Waals surface area contributed by atoms with E-state index in [1.54, 1.807) is 20.8 Å². The van der Waals surface area contributed by atoms with Crippen molar-refractivity contribution in [2.45, 2.75) is 58.2 Å². The Kier molecular flexibility index (Phi) is 5.10. The smallest absolute Gasteiger partial charge is 0.410 e. The zero-order valence-corrected chi connectivity index (χ0v) is 14.5. The summed E-state index contributed by atoms with van der Waals surface area (Å²) in [5.41, 5.74) is -0.491. The highest BCUT2D eigenvalue weighted by molar-refractivity contribution is 9.10. The van der Waals surface area contributed by atoms with E-state index in [-0.39, 0.29) is 22.6 Å². The van der Waals surface area contributed by atoms with Crippen LogP contribution in [0.3, 0.4) is 0 Å². The highest BCUT2D eigenvalue weighted by Crippen LogP contribution is 2.31. The molecule has 0 saturated heterocycles. The van der Waals surface area contributed by atoms with Crippen LogP contribution >= 0.6 is 15.9 Å². The molecule has 0 bridgehead atoms. The predicted molar refractivity (Wildman–Crippen MR) is 83.5 cm³/mol. The third-order valence-electron chi connectivity index (χ3n) is 3.61. The van der Waals surface area contributed by atoms with Crippen molar-refractivity contribution >= 4 is 22.0 Å². The van der Waals surface area contributed by atoms with E-state index in [1.165, 1.54) is 4.90 Å². The van der Waals surface area contributed by atoms with Gasteiger partial charge in [-0.3, -0.25) is 0 Å². The fourth-order valence-corrected chi connectivity index (χ4v) is 2.69. The van der Waals surface area contributed by atoms with E-state index in [0.717, 1.165) is 31.4 Å².